The minimum Gasteiger partial charge on any atom is -0.454 e. The molecule has 132 valence electrons. The summed E-state index contributed by atoms with van der Waals surface area (Å²) < 4.78 is 12.8. The molecule has 0 radical (unpaired) electrons. The van der Waals surface area contributed by atoms with Crippen molar-refractivity contribution in [1.82, 2.24) is 14.4 Å². The first-order valence-electron chi connectivity index (χ1n) is 8.64. The summed E-state index contributed by atoms with van der Waals surface area (Å²) in [6.45, 7) is 6.45. The predicted octanol–water partition coefficient (Wildman–Crippen LogP) is 2.02. The van der Waals surface area contributed by atoms with Gasteiger partial charge in [-0.25, -0.2) is 0 Å². The summed E-state index contributed by atoms with van der Waals surface area (Å²) in [4.78, 5) is 17.0. The van der Waals surface area contributed by atoms with Gasteiger partial charge in [-0.3, -0.25) is 9.69 Å². The Morgan fingerprint density at radius 3 is 2.52 bits per heavy atom. The van der Waals surface area contributed by atoms with Crippen molar-refractivity contribution in [3.63, 3.8) is 0 Å². The molecule has 1 fully saturated rings. The molecule has 2 aliphatic heterocycles. The van der Waals surface area contributed by atoms with E-state index in [0.29, 0.717) is 6.79 Å². The number of ether oxygens (including phenoxy) is 2. The maximum Gasteiger partial charge on any atom is 0.270 e. The van der Waals surface area contributed by atoms with Gasteiger partial charge < -0.3 is 18.9 Å². The molecule has 1 aromatic heterocycles. The highest BCUT2D eigenvalue weighted by atomic mass is 16.7. The number of hydrogen-bond donors (Lipinski definition) is 0. The van der Waals surface area contributed by atoms with E-state index >= 15 is 0 Å². The third kappa shape index (κ3) is 3.09. The number of hydrogen-bond acceptors (Lipinski definition) is 4. The lowest BCUT2D eigenvalue weighted by Crippen LogP contribution is -2.48. The molecule has 0 aliphatic carbocycles. The van der Waals surface area contributed by atoms with Crippen molar-refractivity contribution in [2.45, 2.75) is 13.5 Å². The van der Waals surface area contributed by atoms with E-state index in [1.165, 1.54) is 5.56 Å². The molecule has 0 unspecified atom stereocenters. The molecular weight excluding hydrogens is 318 g/mol. The van der Waals surface area contributed by atoms with E-state index in [9.17, 15) is 4.79 Å². The van der Waals surface area contributed by atoms with E-state index in [0.717, 1.165) is 55.6 Å². The van der Waals surface area contributed by atoms with Gasteiger partial charge in [0.1, 0.15) is 5.69 Å². The summed E-state index contributed by atoms with van der Waals surface area (Å²) in [5.74, 6) is 1.76. The van der Waals surface area contributed by atoms with Crippen LogP contribution in [0.15, 0.2) is 30.3 Å². The Balaban J connectivity index is 1.35. The Morgan fingerprint density at radius 2 is 1.80 bits per heavy atom. The number of benzene rings is 1. The molecule has 25 heavy (non-hydrogen) atoms. The second kappa shape index (κ2) is 6.44. The molecule has 0 N–H and O–H groups in total. The minimum absolute atomic E-state index is 0.123. The standard InChI is InChI=1S/C19H23N3O3/c1-14-3-5-16(20(14)2)19(23)22-9-7-21(8-10-22)12-15-4-6-17-18(11-15)25-13-24-17/h3-6,11H,7-10,12-13H2,1-2H3. The lowest BCUT2D eigenvalue weighted by molar-refractivity contribution is 0.0619. The molecule has 0 saturated carbocycles. The van der Waals surface area contributed by atoms with Crippen LogP contribution in [0.4, 0.5) is 0 Å². The number of carbonyl (C=O) groups is 1. The fourth-order valence-corrected chi connectivity index (χ4v) is 3.40. The summed E-state index contributed by atoms with van der Waals surface area (Å²) in [7, 11) is 1.94. The van der Waals surface area contributed by atoms with Crippen molar-refractivity contribution in [3.05, 3.63) is 47.3 Å². The van der Waals surface area contributed by atoms with Crippen LogP contribution in [0.3, 0.4) is 0 Å². The fourth-order valence-electron chi connectivity index (χ4n) is 3.40. The smallest absolute Gasteiger partial charge is 0.270 e. The molecule has 1 saturated heterocycles. The third-order valence-electron chi connectivity index (χ3n) is 5.09. The van der Waals surface area contributed by atoms with Crippen LogP contribution in [0.2, 0.25) is 0 Å². The highest BCUT2D eigenvalue weighted by Gasteiger charge is 2.24. The molecular formula is C19H23N3O3. The van der Waals surface area contributed by atoms with Crippen molar-refractivity contribution in [2.24, 2.45) is 7.05 Å². The number of carbonyl (C=O) groups excluding carboxylic acids is 1. The molecule has 2 aliphatic rings. The van der Waals surface area contributed by atoms with Crippen LogP contribution in [0, 0.1) is 6.92 Å². The number of nitrogens with zero attached hydrogens (tertiary/aromatic N) is 3. The first kappa shape index (κ1) is 16.0. The van der Waals surface area contributed by atoms with Gasteiger partial charge in [-0.15, -0.1) is 0 Å². The minimum atomic E-state index is 0.123. The number of aromatic nitrogens is 1. The number of rotatable bonds is 3. The quantitative estimate of drug-likeness (QED) is 0.857. The van der Waals surface area contributed by atoms with Crippen LogP contribution in [0.5, 0.6) is 11.5 Å². The van der Waals surface area contributed by atoms with E-state index in [1.54, 1.807) is 0 Å². The van der Waals surface area contributed by atoms with Gasteiger partial charge in [-0.2, -0.15) is 0 Å². The number of piperazine rings is 1. The average Bonchev–Trinajstić information content (AvgIpc) is 3.22. The Bertz CT molecular complexity index is 791. The molecule has 0 bridgehead atoms. The van der Waals surface area contributed by atoms with Crippen molar-refractivity contribution in [2.75, 3.05) is 33.0 Å². The van der Waals surface area contributed by atoms with Gasteiger partial charge in [-0.05, 0) is 36.8 Å². The number of aryl methyl sites for hydroxylation is 1. The molecule has 6 nitrogen and oxygen atoms in total. The predicted molar refractivity (Wildman–Crippen MR) is 93.9 cm³/mol. The topological polar surface area (TPSA) is 46.9 Å². The summed E-state index contributed by atoms with van der Waals surface area (Å²) in [5, 5.41) is 0. The Hall–Kier alpha value is -2.47. The third-order valence-corrected chi connectivity index (χ3v) is 5.09. The molecule has 1 amide bonds. The van der Waals surface area contributed by atoms with Crippen LogP contribution < -0.4 is 9.47 Å². The molecule has 6 heteroatoms. The average molecular weight is 341 g/mol. The van der Waals surface area contributed by atoms with Crippen molar-refractivity contribution >= 4 is 5.91 Å². The Labute approximate surface area is 147 Å². The monoisotopic (exact) mass is 341 g/mol. The molecule has 1 aromatic carbocycles. The Kier molecular flexibility index (Phi) is 4.13. The van der Waals surface area contributed by atoms with Gasteiger partial charge in [-0.1, -0.05) is 6.07 Å². The SMILES string of the molecule is Cc1ccc(C(=O)N2CCN(Cc3ccc4c(c3)OCO4)CC2)n1C. The van der Waals surface area contributed by atoms with Gasteiger partial charge in [0.15, 0.2) is 11.5 Å². The van der Waals surface area contributed by atoms with E-state index in [2.05, 4.69) is 11.0 Å². The summed E-state index contributed by atoms with van der Waals surface area (Å²) in [6.07, 6.45) is 0. The second-order valence-electron chi connectivity index (χ2n) is 6.67. The van der Waals surface area contributed by atoms with Crippen molar-refractivity contribution < 1.29 is 14.3 Å². The van der Waals surface area contributed by atoms with Crippen LogP contribution in [0.1, 0.15) is 21.7 Å². The van der Waals surface area contributed by atoms with Crippen LogP contribution in [-0.2, 0) is 13.6 Å². The first-order valence-corrected chi connectivity index (χ1v) is 8.64. The normalized spacial score (nSPS) is 17.1. The zero-order valence-electron chi connectivity index (χ0n) is 14.7. The van der Waals surface area contributed by atoms with Gasteiger partial charge in [0.25, 0.3) is 5.91 Å². The maximum absolute atomic E-state index is 12.7. The molecule has 3 heterocycles. The largest absolute Gasteiger partial charge is 0.454 e. The zero-order chi connectivity index (χ0) is 17.4. The highest BCUT2D eigenvalue weighted by molar-refractivity contribution is 5.93. The van der Waals surface area contributed by atoms with Gasteiger partial charge in [0.2, 0.25) is 6.79 Å². The van der Waals surface area contributed by atoms with E-state index in [-0.39, 0.29) is 5.91 Å². The fraction of sp³-hybridized carbons (Fsp3) is 0.421. The number of amides is 1. The van der Waals surface area contributed by atoms with E-state index in [1.807, 2.05) is 47.7 Å². The van der Waals surface area contributed by atoms with Crippen LogP contribution >= 0.6 is 0 Å². The van der Waals surface area contributed by atoms with E-state index < -0.39 is 0 Å². The Morgan fingerprint density at radius 1 is 1.04 bits per heavy atom. The lowest BCUT2D eigenvalue weighted by Gasteiger charge is -2.34. The van der Waals surface area contributed by atoms with Crippen LogP contribution in [0.25, 0.3) is 0 Å². The van der Waals surface area contributed by atoms with Crippen molar-refractivity contribution in [1.29, 1.82) is 0 Å². The zero-order valence-corrected chi connectivity index (χ0v) is 14.7. The molecule has 4 rings (SSSR count). The molecule has 0 spiro atoms. The van der Waals surface area contributed by atoms with Crippen molar-refractivity contribution in [3.8, 4) is 11.5 Å². The van der Waals surface area contributed by atoms with Gasteiger partial charge >= 0.3 is 0 Å². The van der Waals surface area contributed by atoms with Gasteiger partial charge in [0.05, 0.1) is 0 Å². The molecule has 0 atom stereocenters. The first-order chi connectivity index (χ1) is 12.1. The number of fused-ring (bicyclic) bond motifs is 1. The lowest BCUT2D eigenvalue weighted by atomic mass is 10.1. The summed E-state index contributed by atoms with van der Waals surface area (Å²) >= 11 is 0. The van der Waals surface area contributed by atoms with Crippen LogP contribution in [-0.4, -0.2) is 53.2 Å². The summed E-state index contributed by atoms with van der Waals surface area (Å²) in [6, 6.07) is 10.00. The summed E-state index contributed by atoms with van der Waals surface area (Å²) in [5.41, 5.74) is 3.08. The highest BCUT2D eigenvalue weighted by Crippen LogP contribution is 2.32. The molecule has 2 aromatic rings. The van der Waals surface area contributed by atoms with Gasteiger partial charge in [0, 0.05) is 45.5 Å². The maximum atomic E-state index is 12.7. The second-order valence-corrected chi connectivity index (χ2v) is 6.67. The van der Waals surface area contributed by atoms with E-state index in [4.69, 9.17) is 9.47 Å².